The first kappa shape index (κ1) is 13.7. The van der Waals surface area contributed by atoms with Gasteiger partial charge in [-0.2, -0.15) is 4.98 Å². The average Bonchev–Trinajstić information content (AvgIpc) is 3.09. The molecule has 1 saturated heterocycles. The first-order valence-electron chi connectivity index (χ1n) is 7.07. The summed E-state index contributed by atoms with van der Waals surface area (Å²) in [5.74, 6) is 1.44. The maximum Gasteiger partial charge on any atom is 0.223 e. The van der Waals surface area contributed by atoms with Gasteiger partial charge in [0.2, 0.25) is 5.89 Å². The molecule has 1 aliphatic rings. The van der Waals surface area contributed by atoms with Crippen LogP contribution in [0.4, 0.5) is 0 Å². The van der Waals surface area contributed by atoms with Gasteiger partial charge in [-0.15, -0.1) is 11.3 Å². The molecule has 1 N–H and O–H groups in total. The summed E-state index contributed by atoms with van der Waals surface area (Å²) in [7, 11) is 0. The zero-order chi connectivity index (χ0) is 13.8. The summed E-state index contributed by atoms with van der Waals surface area (Å²) < 4.78 is 5.03. The molecule has 0 unspecified atom stereocenters. The van der Waals surface area contributed by atoms with E-state index in [1.807, 2.05) is 18.3 Å². The van der Waals surface area contributed by atoms with Crippen LogP contribution in [0.2, 0.25) is 0 Å². The third-order valence-corrected chi connectivity index (χ3v) is 4.46. The van der Waals surface area contributed by atoms with Crippen LogP contribution < -0.4 is 5.32 Å². The van der Waals surface area contributed by atoms with Crippen molar-refractivity contribution in [1.29, 1.82) is 0 Å². The summed E-state index contributed by atoms with van der Waals surface area (Å²) in [5, 5.41) is 9.75. The number of piperidine rings is 1. The number of thiophene rings is 1. The van der Waals surface area contributed by atoms with E-state index in [0.29, 0.717) is 11.9 Å². The molecule has 6 heteroatoms. The lowest BCUT2D eigenvalue weighted by Gasteiger charge is -2.32. The number of aryl methyl sites for hydroxylation is 1. The van der Waals surface area contributed by atoms with Crippen LogP contribution in [0.1, 0.15) is 29.4 Å². The van der Waals surface area contributed by atoms with Gasteiger partial charge in [-0.05, 0) is 30.8 Å². The van der Waals surface area contributed by atoms with Crippen LogP contribution in [0.15, 0.2) is 22.0 Å². The summed E-state index contributed by atoms with van der Waals surface area (Å²) in [5.41, 5.74) is 0. The number of aromatic nitrogens is 2. The summed E-state index contributed by atoms with van der Waals surface area (Å²) in [6, 6.07) is 4.84. The molecular weight excluding hydrogens is 272 g/mol. The average molecular weight is 292 g/mol. The lowest BCUT2D eigenvalue weighted by Crippen LogP contribution is -2.45. The van der Waals surface area contributed by atoms with Crippen molar-refractivity contribution >= 4 is 11.3 Å². The second-order valence-corrected chi connectivity index (χ2v) is 6.30. The first-order valence-corrected chi connectivity index (χ1v) is 7.95. The molecule has 0 aliphatic carbocycles. The molecule has 0 amide bonds. The van der Waals surface area contributed by atoms with Gasteiger partial charge in [0.1, 0.15) is 0 Å². The van der Waals surface area contributed by atoms with E-state index in [9.17, 15) is 0 Å². The Morgan fingerprint density at radius 1 is 1.55 bits per heavy atom. The molecule has 0 aromatic carbocycles. The lowest BCUT2D eigenvalue weighted by molar-refractivity contribution is 0.177. The van der Waals surface area contributed by atoms with E-state index in [4.69, 9.17) is 4.52 Å². The standard InChI is InChI=1S/C14H20N4OS/c1-11-16-14(17-19-11)10-18-6-2-4-12(9-18)15-8-13-5-3-7-20-13/h3,5,7,12,15H,2,4,6,8-10H2,1H3/t12-/m0/s1. The zero-order valence-electron chi connectivity index (χ0n) is 11.7. The van der Waals surface area contributed by atoms with Crippen molar-refractivity contribution in [3.63, 3.8) is 0 Å². The Labute approximate surface area is 123 Å². The molecule has 1 atom stereocenters. The Hall–Kier alpha value is -1.24. The van der Waals surface area contributed by atoms with E-state index in [1.165, 1.54) is 17.7 Å². The molecule has 108 valence electrons. The van der Waals surface area contributed by atoms with Gasteiger partial charge >= 0.3 is 0 Å². The minimum Gasteiger partial charge on any atom is -0.340 e. The van der Waals surface area contributed by atoms with Gasteiger partial charge in [-0.3, -0.25) is 4.90 Å². The second kappa shape index (κ2) is 6.47. The van der Waals surface area contributed by atoms with Gasteiger partial charge in [0.15, 0.2) is 5.82 Å². The third kappa shape index (κ3) is 3.65. The molecule has 0 radical (unpaired) electrons. The van der Waals surface area contributed by atoms with E-state index in [0.717, 1.165) is 32.0 Å². The fourth-order valence-electron chi connectivity index (χ4n) is 2.63. The molecule has 3 heterocycles. The monoisotopic (exact) mass is 292 g/mol. The highest BCUT2D eigenvalue weighted by atomic mass is 32.1. The van der Waals surface area contributed by atoms with Crippen LogP contribution in [0.5, 0.6) is 0 Å². The second-order valence-electron chi connectivity index (χ2n) is 5.26. The van der Waals surface area contributed by atoms with Crippen LogP contribution in [0.3, 0.4) is 0 Å². The fraction of sp³-hybridized carbons (Fsp3) is 0.571. The predicted molar refractivity (Wildman–Crippen MR) is 78.5 cm³/mol. The van der Waals surface area contributed by atoms with Crippen LogP contribution in [-0.4, -0.2) is 34.2 Å². The SMILES string of the molecule is Cc1nc(CN2CCC[C@H](NCc3cccs3)C2)no1. The van der Waals surface area contributed by atoms with Gasteiger partial charge in [0.05, 0.1) is 6.54 Å². The molecule has 0 saturated carbocycles. The Bertz CT molecular complexity index is 525. The molecule has 1 fully saturated rings. The van der Waals surface area contributed by atoms with Gasteiger partial charge in [-0.25, -0.2) is 0 Å². The minimum atomic E-state index is 0.554. The predicted octanol–water partition coefficient (Wildman–Crippen LogP) is 2.19. The van der Waals surface area contributed by atoms with Gasteiger partial charge in [-0.1, -0.05) is 11.2 Å². The first-order chi connectivity index (χ1) is 9.79. The summed E-state index contributed by atoms with van der Waals surface area (Å²) in [4.78, 5) is 8.08. The maximum absolute atomic E-state index is 5.03. The van der Waals surface area contributed by atoms with Gasteiger partial charge in [0.25, 0.3) is 0 Å². The van der Waals surface area contributed by atoms with Gasteiger partial charge in [0, 0.05) is 30.9 Å². The number of nitrogens with one attached hydrogen (secondary N) is 1. The largest absolute Gasteiger partial charge is 0.340 e. The number of rotatable bonds is 5. The van der Waals surface area contributed by atoms with Crippen molar-refractivity contribution in [2.45, 2.75) is 38.9 Å². The number of likely N-dealkylation sites (tertiary alicyclic amines) is 1. The van der Waals surface area contributed by atoms with E-state index in [2.05, 4.69) is 37.9 Å². The Balaban J connectivity index is 1.48. The number of hydrogen-bond acceptors (Lipinski definition) is 6. The van der Waals surface area contributed by atoms with Gasteiger partial charge < -0.3 is 9.84 Å². The van der Waals surface area contributed by atoms with Crippen LogP contribution in [-0.2, 0) is 13.1 Å². The summed E-state index contributed by atoms with van der Waals surface area (Å²) >= 11 is 1.81. The maximum atomic E-state index is 5.03. The van der Waals surface area contributed by atoms with Crippen LogP contribution in [0.25, 0.3) is 0 Å². The molecule has 5 nitrogen and oxygen atoms in total. The molecule has 20 heavy (non-hydrogen) atoms. The third-order valence-electron chi connectivity index (χ3n) is 3.59. The van der Waals surface area contributed by atoms with Crippen LogP contribution in [0, 0.1) is 6.92 Å². The smallest absolute Gasteiger partial charge is 0.223 e. The van der Waals surface area contributed by atoms with E-state index >= 15 is 0 Å². The highest BCUT2D eigenvalue weighted by Gasteiger charge is 2.20. The Morgan fingerprint density at radius 3 is 3.25 bits per heavy atom. The van der Waals surface area contributed by atoms with Crippen LogP contribution >= 0.6 is 11.3 Å². The van der Waals surface area contributed by atoms with Crippen molar-refractivity contribution < 1.29 is 4.52 Å². The molecule has 1 aliphatic heterocycles. The molecule has 2 aromatic rings. The normalized spacial score (nSPS) is 20.4. The molecule has 0 bridgehead atoms. The van der Waals surface area contributed by atoms with Crippen molar-refractivity contribution in [3.8, 4) is 0 Å². The van der Waals surface area contributed by atoms with E-state index < -0.39 is 0 Å². The van der Waals surface area contributed by atoms with Crippen molar-refractivity contribution in [2.24, 2.45) is 0 Å². The lowest BCUT2D eigenvalue weighted by atomic mass is 10.1. The molecule has 2 aromatic heterocycles. The topological polar surface area (TPSA) is 54.2 Å². The zero-order valence-corrected chi connectivity index (χ0v) is 12.5. The quantitative estimate of drug-likeness (QED) is 0.915. The van der Waals surface area contributed by atoms with Crippen molar-refractivity contribution in [2.75, 3.05) is 13.1 Å². The fourth-order valence-corrected chi connectivity index (χ4v) is 3.29. The summed E-state index contributed by atoms with van der Waals surface area (Å²) in [6.45, 7) is 5.76. The van der Waals surface area contributed by atoms with E-state index in [-0.39, 0.29) is 0 Å². The highest BCUT2D eigenvalue weighted by molar-refractivity contribution is 7.09. The highest BCUT2D eigenvalue weighted by Crippen LogP contribution is 2.14. The molecular formula is C14H20N4OS. The number of hydrogen-bond donors (Lipinski definition) is 1. The minimum absolute atomic E-state index is 0.554. The van der Waals surface area contributed by atoms with Crippen molar-refractivity contribution in [1.82, 2.24) is 20.4 Å². The van der Waals surface area contributed by atoms with Crippen molar-refractivity contribution in [3.05, 3.63) is 34.1 Å². The van der Waals surface area contributed by atoms with E-state index in [1.54, 1.807) is 0 Å². The Morgan fingerprint density at radius 2 is 2.50 bits per heavy atom. The molecule has 0 spiro atoms. The summed E-state index contributed by atoms with van der Waals surface area (Å²) in [6.07, 6.45) is 2.46. The number of nitrogens with zero attached hydrogens (tertiary/aromatic N) is 3. The Kier molecular flexibility index (Phi) is 4.44. The molecule has 3 rings (SSSR count).